The smallest absolute Gasteiger partial charge is 0.134 e. The van der Waals surface area contributed by atoms with Gasteiger partial charge in [0.1, 0.15) is 17.4 Å². The van der Waals surface area contributed by atoms with Crippen molar-refractivity contribution in [2.45, 2.75) is 19.4 Å². The molecule has 0 aliphatic heterocycles. The van der Waals surface area contributed by atoms with Crippen LogP contribution >= 0.6 is 11.6 Å². The number of rotatable bonds is 5. The molecule has 3 rings (SSSR count). The van der Waals surface area contributed by atoms with Crippen molar-refractivity contribution in [2.75, 3.05) is 6.54 Å². The van der Waals surface area contributed by atoms with Gasteiger partial charge in [0.2, 0.25) is 0 Å². The van der Waals surface area contributed by atoms with Gasteiger partial charge >= 0.3 is 0 Å². The third-order valence-corrected chi connectivity index (χ3v) is 3.71. The van der Waals surface area contributed by atoms with Crippen molar-refractivity contribution in [3.8, 4) is 0 Å². The third-order valence-electron chi connectivity index (χ3n) is 3.39. The van der Waals surface area contributed by atoms with Gasteiger partial charge in [0.15, 0.2) is 0 Å². The van der Waals surface area contributed by atoms with Crippen molar-refractivity contribution in [1.82, 2.24) is 10.3 Å². The fraction of sp³-hybridized carbons (Fsp3) is 0.235. The number of hydrogen-bond acceptors (Lipinski definition) is 3. The Bertz CT molecular complexity index is 705. The van der Waals surface area contributed by atoms with Crippen LogP contribution in [0.2, 0.25) is 5.02 Å². The van der Waals surface area contributed by atoms with Gasteiger partial charge in [-0.15, -0.1) is 0 Å². The zero-order valence-electron chi connectivity index (χ0n) is 11.8. The van der Waals surface area contributed by atoms with Gasteiger partial charge in [0.25, 0.3) is 0 Å². The normalized spacial score (nSPS) is 12.7. The number of aromatic nitrogens is 1. The minimum Gasteiger partial charge on any atom is -0.459 e. The average molecular weight is 301 g/mol. The summed E-state index contributed by atoms with van der Waals surface area (Å²) in [5, 5.41) is 5.19. The molecule has 108 valence electrons. The molecule has 0 bridgehead atoms. The Morgan fingerprint density at radius 3 is 2.86 bits per heavy atom. The van der Waals surface area contributed by atoms with Gasteiger partial charge in [-0.25, -0.2) is 0 Å². The van der Waals surface area contributed by atoms with E-state index in [1.165, 1.54) is 0 Å². The molecule has 0 radical (unpaired) electrons. The van der Waals surface area contributed by atoms with Gasteiger partial charge in [-0.05, 0) is 37.2 Å². The molecule has 3 aromatic rings. The minimum atomic E-state index is -0.133. The van der Waals surface area contributed by atoms with Crippen LogP contribution in [0.4, 0.5) is 0 Å². The molecule has 2 heterocycles. The second kappa shape index (κ2) is 6.29. The monoisotopic (exact) mass is 300 g/mol. The van der Waals surface area contributed by atoms with Gasteiger partial charge in [0.05, 0.1) is 10.7 Å². The van der Waals surface area contributed by atoms with Crippen LogP contribution in [0, 0.1) is 0 Å². The molecule has 0 spiro atoms. The van der Waals surface area contributed by atoms with Crippen molar-refractivity contribution in [3.05, 3.63) is 65.1 Å². The lowest BCUT2D eigenvalue weighted by Crippen LogP contribution is -2.24. The van der Waals surface area contributed by atoms with Crippen LogP contribution in [0.3, 0.4) is 0 Å². The quantitative estimate of drug-likeness (QED) is 0.750. The molecule has 0 aliphatic rings. The fourth-order valence-electron chi connectivity index (χ4n) is 2.38. The molecule has 2 aromatic heterocycles. The van der Waals surface area contributed by atoms with Gasteiger partial charge in [0, 0.05) is 11.6 Å². The summed E-state index contributed by atoms with van der Waals surface area (Å²) in [6.07, 6.45) is 2.78. The minimum absolute atomic E-state index is 0.133. The summed E-state index contributed by atoms with van der Waals surface area (Å²) in [5.41, 5.74) is 1.68. The van der Waals surface area contributed by atoms with E-state index < -0.39 is 0 Å². The van der Waals surface area contributed by atoms with Crippen LogP contribution in [0.15, 0.2) is 53.1 Å². The molecule has 1 aromatic carbocycles. The summed E-state index contributed by atoms with van der Waals surface area (Å²) in [6, 6.07) is 13.6. The maximum Gasteiger partial charge on any atom is 0.134 e. The second-order valence-electron chi connectivity index (χ2n) is 4.94. The Morgan fingerprint density at radius 2 is 2.10 bits per heavy atom. The highest BCUT2D eigenvalue weighted by Crippen LogP contribution is 2.30. The number of pyridine rings is 1. The molecule has 3 nitrogen and oxygen atoms in total. The molecule has 0 fully saturated rings. The predicted octanol–water partition coefficient (Wildman–Crippen LogP) is 4.57. The van der Waals surface area contributed by atoms with Gasteiger partial charge in [-0.3, -0.25) is 4.98 Å². The lowest BCUT2D eigenvalue weighted by Gasteiger charge is -2.16. The number of furan rings is 1. The summed E-state index contributed by atoms with van der Waals surface area (Å²) < 4.78 is 5.98. The van der Waals surface area contributed by atoms with Crippen molar-refractivity contribution in [2.24, 2.45) is 0 Å². The molecule has 0 amide bonds. The largest absolute Gasteiger partial charge is 0.459 e. The molecular weight excluding hydrogens is 284 g/mol. The summed E-state index contributed by atoms with van der Waals surface area (Å²) in [4.78, 5) is 4.42. The van der Waals surface area contributed by atoms with Crippen LogP contribution < -0.4 is 5.32 Å². The Balaban J connectivity index is 2.04. The molecule has 21 heavy (non-hydrogen) atoms. The zero-order valence-corrected chi connectivity index (χ0v) is 12.6. The number of para-hydroxylation sites is 1. The Kier molecular flexibility index (Phi) is 4.23. The van der Waals surface area contributed by atoms with Crippen LogP contribution in [-0.4, -0.2) is 11.5 Å². The van der Waals surface area contributed by atoms with Crippen molar-refractivity contribution in [3.63, 3.8) is 0 Å². The summed E-state index contributed by atoms with van der Waals surface area (Å²) in [5.74, 6) is 0.838. The van der Waals surface area contributed by atoms with Gasteiger partial charge in [-0.2, -0.15) is 0 Å². The summed E-state index contributed by atoms with van der Waals surface area (Å²) in [6.45, 7) is 3.00. The van der Waals surface area contributed by atoms with E-state index in [9.17, 15) is 0 Å². The van der Waals surface area contributed by atoms with E-state index in [1.54, 1.807) is 6.20 Å². The zero-order chi connectivity index (χ0) is 14.7. The highest BCUT2D eigenvalue weighted by atomic mass is 35.5. The molecule has 1 unspecified atom stereocenters. The average Bonchev–Trinajstić information content (AvgIpc) is 2.93. The summed E-state index contributed by atoms with van der Waals surface area (Å²) >= 11 is 6.30. The van der Waals surface area contributed by atoms with Crippen LogP contribution in [0.1, 0.15) is 30.8 Å². The van der Waals surface area contributed by atoms with E-state index in [0.717, 1.165) is 35.4 Å². The number of hydrogen-bond donors (Lipinski definition) is 1. The third kappa shape index (κ3) is 2.94. The predicted molar refractivity (Wildman–Crippen MR) is 85.6 cm³/mol. The Morgan fingerprint density at radius 1 is 1.24 bits per heavy atom. The molecular formula is C17H17ClN2O. The van der Waals surface area contributed by atoms with Crippen LogP contribution in [0.25, 0.3) is 11.0 Å². The highest BCUT2D eigenvalue weighted by molar-refractivity contribution is 6.31. The molecule has 1 atom stereocenters. The topological polar surface area (TPSA) is 38.1 Å². The standard InChI is InChI=1S/C17H17ClN2O/c1-2-9-19-17(16-13(18)7-5-10-20-16)15-11-12-6-3-4-8-14(12)21-15/h3-8,10-11,17,19H,2,9H2,1H3. The maximum atomic E-state index is 6.30. The second-order valence-corrected chi connectivity index (χ2v) is 5.35. The van der Waals surface area contributed by atoms with E-state index in [4.69, 9.17) is 16.0 Å². The summed E-state index contributed by atoms with van der Waals surface area (Å²) in [7, 11) is 0. The van der Waals surface area contributed by atoms with E-state index in [1.807, 2.05) is 42.5 Å². The molecule has 0 saturated heterocycles. The maximum absolute atomic E-state index is 6.30. The first-order valence-corrected chi connectivity index (χ1v) is 7.49. The first-order chi connectivity index (χ1) is 10.3. The van der Waals surface area contributed by atoms with Crippen molar-refractivity contribution >= 4 is 22.6 Å². The fourth-order valence-corrected chi connectivity index (χ4v) is 2.61. The van der Waals surface area contributed by atoms with E-state index >= 15 is 0 Å². The number of nitrogens with zero attached hydrogens (tertiary/aromatic N) is 1. The van der Waals surface area contributed by atoms with Crippen molar-refractivity contribution in [1.29, 1.82) is 0 Å². The molecule has 4 heteroatoms. The molecule has 0 saturated carbocycles. The van der Waals surface area contributed by atoms with Crippen LogP contribution in [0.5, 0.6) is 0 Å². The van der Waals surface area contributed by atoms with Gasteiger partial charge in [-0.1, -0.05) is 36.7 Å². The number of halogens is 1. The lowest BCUT2D eigenvalue weighted by atomic mass is 10.1. The van der Waals surface area contributed by atoms with E-state index in [2.05, 4.69) is 17.2 Å². The van der Waals surface area contributed by atoms with Gasteiger partial charge < -0.3 is 9.73 Å². The van der Waals surface area contributed by atoms with Crippen molar-refractivity contribution < 1.29 is 4.42 Å². The Hall–Kier alpha value is -1.84. The number of fused-ring (bicyclic) bond motifs is 1. The SMILES string of the molecule is CCCNC(c1cc2ccccc2o1)c1ncccc1Cl. The number of nitrogens with one attached hydrogen (secondary N) is 1. The van der Waals surface area contributed by atoms with E-state index in [0.29, 0.717) is 5.02 Å². The van der Waals surface area contributed by atoms with Crippen LogP contribution in [-0.2, 0) is 0 Å². The van der Waals surface area contributed by atoms with E-state index in [-0.39, 0.29) is 6.04 Å². The number of benzene rings is 1. The molecule has 0 aliphatic carbocycles. The lowest BCUT2D eigenvalue weighted by molar-refractivity contribution is 0.464. The first-order valence-electron chi connectivity index (χ1n) is 7.12. The highest BCUT2D eigenvalue weighted by Gasteiger charge is 2.21. The first kappa shape index (κ1) is 14.1. The molecule has 1 N–H and O–H groups in total. The Labute approximate surface area is 128 Å².